The molecule has 1 aromatic carbocycles. The Morgan fingerprint density at radius 1 is 1.11 bits per heavy atom. The van der Waals surface area contributed by atoms with Crippen molar-refractivity contribution in [2.45, 2.75) is 31.0 Å². The molecule has 0 aromatic heterocycles. The first kappa shape index (κ1) is 22.7. The average molecular weight is 399 g/mol. The Kier molecular flexibility index (Phi) is 9.62. The highest BCUT2D eigenvalue weighted by Crippen LogP contribution is 2.12. The third kappa shape index (κ3) is 7.85. The van der Waals surface area contributed by atoms with Crippen LogP contribution in [0, 0.1) is 0 Å². The third-order valence-corrected chi connectivity index (χ3v) is 4.41. The van der Waals surface area contributed by atoms with Gasteiger partial charge in [0.15, 0.2) is 0 Å². The van der Waals surface area contributed by atoms with Crippen molar-refractivity contribution in [3.8, 4) is 5.75 Å². The van der Waals surface area contributed by atoms with Gasteiger partial charge in [0.05, 0.1) is 6.61 Å². The van der Waals surface area contributed by atoms with Crippen LogP contribution in [0.5, 0.6) is 5.75 Å². The van der Waals surface area contributed by atoms with Gasteiger partial charge in [-0.15, -0.1) is 0 Å². The van der Waals surface area contributed by atoms with Crippen molar-refractivity contribution in [2.24, 2.45) is 5.73 Å². The lowest BCUT2D eigenvalue weighted by molar-refractivity contribution is -0.142. The molecule has 0 bridgehead atoms. The van der Waals surface area contributed by atoms with E-state index < -0.39 is 42.5 Å². The number of carbonyl (C=O) groups excluding carboxylic acids is 2. The van der Waals surface area contributed by atoms with E-state index in [1.165, 1.54) is 23.9 Å². The number of aromatic hydroxyl groups is 1. The minimum absolute atomic E-state index is 0.0146. The topological polar surface area (TPSA) is 162 Å². The summed E-state index contributed by atoms with van der Waals surface area (Å²) in [4.78, 5) is 35.9. The number of carboxylic acid groups (broad SMARTS) is 1. The third-order valence-electron chi connectivity index (χ3n) is 3.77. The lowest BCUT2D eigenvalue weighted by Gasteiger charge is -2.22. The van der Waals surface area contributed by atoms with E-state index >= 15 is 0 Å². The minimum Gasteiger partial charge on any atom is -0.508 e. The Labute approximate surface area is 161 Å². The Hall–Kier alpha value is -2.30. The number of aliphatic hydroxyl groups is 1. The number of nitrogens with one attached hydrogen (secondary N) is 2. The number of hydrogen-bond donors (Lipinski definition) is 6. The highest BCUT2D eigenvalue weighted by molar-refractivity contribution is 7.98. The molecular formula is C17H25N3O6S. The van der Waals surface area contributed by atoms with Crippen LogP contribution in [-0.2, 0) is 20.8 Å². The van der Waals surface area contributed by atoms with Gasteiger partial charge in [-0.3, -0.25) is 9.59 Å². The molecule has 9 nitrogen and oxygen atoms in total. The Morgan fingerprint density at radius 3 is 2.22 bits per heavy atom. The predicted molar refractivity (Wildman–Crippen MR) is 101 cm³/mol. The van der Waals surface area contributed by atoms with Gasteiger partial charge in [-0.25, -0.2) is 4.79 Å². The van der Waals surface area contributed by atoms with Crippen LogP contribution < -0.4 is 16.4 Å². The van der Waals surface area contributed by atoms with Crippen molar-refractivity contribution in [3.05, 3.63) is 29.8 Å². The summed E-state index contributed by atoms with van der Waals surface area (Å²) in [6.45, 7) is -0.568. The molecule has 1 rings (SSSR count). The number of amides is 2. The predicted octanol–water partition coefficient (Wildman–Crippen LogP) is -0.938. The summed E-state index contributed by atoms with van der Waals surface area (Å²) in [5.41, 5.74) is 6.06. The van der Waals surface area contributed by atoms with E-state index in [9.17, 15) is 24.6 Å². The van der Waals surface area contributed by atoms with Crippen LogP contribution in [-0.4, -0.2) is 69.8 Å². The maximum atomic E-state index is 12.5. The molecule has 0 radical (unpaired) electrons. The molecule has 0 heterocycles. The Bertz CT molecular complexity index is 640. The van der Waals surface area contributed by atoms with Crippen molar-refractivity contribution in [3.63, 3.8) is 0 Å². The molecule has 0 aliphatic rings. The fraction of sp³-hybridized carbons (Fsp3) is 0.471. The number of aliphatic hydroxyl groups excluding tert-OH is 1. The van der Waals surface area contributed by atoms with Crippen molar-refractivity contribution >= 4 is 29.5 Å². The Balaban J connectivity index is 2.82. The van der Waals surface area contributed by atoms with E-state index in [0.717, 1.165) is 0 Å². The molecular weight excluding hydrogens is 374 g/mol. The van der Waals surface area contributed by atoms with E-state index in [1.807, 2.05) is 6.26 Å². The number of phenolic OH excluding ortho intramolecular Hbond substituents is 1. The van der Waals surface area contributed by atoms with Gasteiger partial charge >= 0.3 is 5.97 Å². The number of benzene rings is 1. The fourth-order valence-electron chi connectivity index (χ4n) is 2.21. The summed E-state index contributed by atoms with van der Waals surface area (Å²) in [7, 11) is 0. The zero-order valence-electron chi connectivity index (χ0n) is 14.9. The molecule has 0 unspecified atom stereocenters. The summed E-state index contributed by atoms with van der Waals surface area (Å²) in [6, 6.07) is 2.63. The van der Waals surface area contributed by atoms with Crippen molar-refractivity contribution in [2.75, 3.05) is 18.6 Å². The monoisotopic (exact) mass is 399 g/mol. The zero-order valence-corrected chi connectivity index (χ0v) is 15.7. The number of hydrogen-bond acceptors (Lipinski definition) is 7. The second-order valence-corrected chi connectivity index (χ2v) is 6.89. The number of phenols is 1. The molecule has 0 saturated heterocycles. The molecule has 7 N–H and O–H groups in total. The van der Waals surface area contributed by atoms with E-state index in [2.05, 4.69) is 10.6 Å². The van der Waals surface area contributed by atoms with Crippen molar-refractivity contribution in [1.82, 2.24) is 10.6 Å². The average Bonchev–Trinajstić information content (AvgIpc) is 2.64. The van der Waals surface area contributed by atoms with Crippen LogP contribution >= 0.6 is 11.8 Å². The van der Waals surface area contributed by atoms with Crippen LogP contribution in [0.3, 0.4) is 0 Å². The highest BCUT2D eigenvalue weighted by Gasteiger charge is 2.27. The molecule has 0 aliphatic heterocycles. The Morgan fingerprint density at radius 2 is 1.70 bits per heavy atom. The van der Waals surface area contributed by atoms with E-state index in [4.69, 9.17) is 10.8 Å². The molecule has 150 valence electrons. The smallest absolute Gasteiger partial charge is 0.326 e. The highest BCUT2D eigenvalue weighted by atomic mass is 32.2. The first-order valence-corrected chi connectivity index (χ1v) is 9.64. The SMILES string of the molecule is CSCC[C@H](NC(=O)[C@@H](N)CO)C(=O)N[C@@H](Cc1ccc(O)cc1)C(=O)O. The minimum atomic E-state index is -1.22. The van der Waals surface area contributed by atoms with Crippen LogP contribution in [0.25, 0.3) is 0 Å². The molecule has 0 fully saturated rings. The number of aliphatic carboxylic acids is 1. The molecule has 0 aliphatic carbocycles. The number of rotatable bonds is 11. The van der Waals surface area contributed by atoms with Crippen molar-refractivity contribution in [1.29, 1.82) is 0 Å². The standard InChI is InChI=1S/C17H25N3O6S/c1-27-7-6-13(19-15(23)12(18)9-21)16(24)20-14(17(25)26)8-10-2-4-11(22)5-3-10/h2-5,12-14,21-22H,6-9,18H2,1H3,(H,19,23)(H,20,24)(H,25,26)/t12-,13-,14-/m0/s1. The quantitative estimate of drug-likeness (QED) is 0.278. The summed E-state index contributed by atoms with van der Waals surface area (Å²) < 4.78 is 0. The molecule has 27 heavy (non-hydrogen) atoms. The normalized spacial score (nSPS) is 14.0. The molecule has 0 saturated carbocycles. The lowest BCUT2D eigenvalue weighted by Crippen LogP contribution is -2.55. The molecule has 10 heteroatoms. The maximum absolute atomic E-state index is 12.5. The first-order chi connectivity index (χ1) is 12.8. The summed E-state index contributed by atoms with van der Waals surface area (Å²) in [6.07, 6.45) is 2.13. The summed E-state index contributed by atoms with van der Waals surface area (Å²) >= 11 is 1.47. The van der Waals surface area contributed by atoms with Gasteiger partial charge in [-0.05, 0) is 36.1 Å². The molecule has 2 amide bonds. The first-order valence-electron chi connectivity index (χ1n) is 8.25. The van der Waals surface area contributed by atoms with Crippen LogP contribution in [0.2, 0.25) is 0 Å². The van der Waals surface area contributed by atoms with Crippen LogP contribution in [0.1, 0.15) is 12.0 Å². The van der Waals surface area contributed by atoms with Gasteiger partial charge in [-0.1, -0.05) is 12.1 Å². The summed E-state index contributed by atoms with van der Waals surface area (Å²) in [5, 5.41) is 32.5. The second kappa shape index (κ2) is 11.4. The molecule has 3 atom stereocenters. The largest absolute Gasteiger partial charge is 0.508 e. The van der Waals surface area contributed by atoms with Gasteiger partial charge < -0.3 is 31.7 Å². The maximum Gasteiger partial charge on any atom is 0.326 e. The number of carbonyl (C=O) groups is 3. The lowest BCUT2D eigenvalue weighted by atomic mass is 10.0. The van der Waals surface area contributed by atoms with Gasteiger partial charge in [-0.2, -0.15) is 11.8 Å². The summed E-state index contributed by atoms with van der Waals surface area (Å²) in [5.74, 6) is -1.95. The fourth-order valence-corrected chi connectivity index (χ4v) is 2.68. The second-order valence-electron chi connectivity index (χ2n) is 5.90. The van der Waals surface area contributed by atoms with Gasteiger partial charge in [0.2, 0.25) is 11.8 Å². The molecule has 1 aromatic rings. The van der Waals surface area contributed by atoms with Crippen molar-refractivity contribution < 1.29 is 29.7 Å². The van der Waals surface area contributed by atoms with Gasteiger partial charge in [0, 0.05) is 6.42 Å². The van der Waals surface area contributed by atoms with Crippen LogP contribution in [0.4, 0.5) is 0 Å². The molecule has 0 spiro atoms. The van der Waals surface area contributed by atoms with Gasteiger partial charge in [0.1, 0.15) is 23.9 Å². The van der Waals surface area contributed by atoms with E-state index in [0.29, 0.717) is 11.3 Å². The zero-order chi connectivity index (χ0) is 20.4. The van der Waals surface area contributed by atoms with Crippen LogP contribution in [0.15, 0.2) is 24.3 Å². The van der Waals surface area contributed by atoms with E-state index in [1.54, 1.807) is 12.1 Å². The number of thioether (sulfide) groups is 1. The van der Waals surface area contributed by atoms with E-state index in [-0.39, 0.29) is 18.6 Å². The number of carboxylic acids is 1. The number of nitrogens with two attached hydrogens (primary N) is 1. The van der Waals surface area contributed by atoms with Gasteiger partial charge in [0.25, 0.3) is 0 Å².